The highest BCUT2D eigenvalue weighted by atomic mass is 15.1. The first-order chi connectivity index (χ1) is 7.72. The van der Waals surface area contributed by atoms with E-state index in [1.807, 2.05) is 0 Å². The lowest BCUT2D eigenvalue weighted by Gasteiger charge is -2.25. The predicted molar refractivity (Wildman–Crippen MR) is 66.4 cm³/mol. The Morgan fingerprint density at radius 1 is 1.56 bits per heavy atom. The van der Waals surface area contributed by atoms with E-state index in [9.17, 15) is 0 Å². The number of aromatic nitrogens is 2. The lowest BCUT2D eigenvalue weighted by atomic mass is 9.93. The van der Waals surface area contributed by atoms with Gasteiger partial charge in [0.15, 0.2) is 0 Å². The molecule has 2 rings (SSSR count). The molecule has 0 amide bonds. The summed E-state index contributed by atoms with van der Waals surface area (Å²) in [6, 6.07) is 0. The molecule has 3 heteroatoms. The van der Waals surface area contributed by atoms with E-state index in [1.165, 1.54) is 24.4 Å². The minimum absolute atomic E-state index is 0.646. The first-order valence-corrected chi connectivity index (χ1v) is 6.46. The van der Waals surface area contributed by atoms with Gasteiger partial charge in [-0.3, -0.25) is 0 Å². The van der Waals surface area contributed by atoms with Crippen molar-refractivity contribution in [2.24, 2.45) is 11.7 Å². The molecule has 0 aromatic carbocycles. The fourth-order valence-corrected chi connectivity index (χ4v) is 2.68. The number of hydrogen-bond donors (Lipinski definition) is 1. The molecule has 1 atom stereocenters. The molecule has 0 fully saturated rings. The van der Waals surface area contributed by atoms with E-state index in [2.05, 4.69) is 29.6 Å². The van der Waals surface area contributed by atoms with Gasteiger partial charge >= 0.3 is 0 Å². The predicted octanol–water partition coefficient (Wildman–Crippen LogP) is 2.31. The highest BCUT2D eigenvalue weighted by molar-refractivity contribution is 5.14. The van der Waals surface area contributed by atoms with E-state index in [1.54, 1.807) is 0 Å². The molecule has 1 unspecified atom stereocenters. The summed E-state index contributed by atoms with van der Waals surface area (Å²) in [6.45, 7) is 6.44. The van der Waals surface area contributed by atoms with Crippen LogP contribution in [0.5, 0.6) is 0 Å². The fraction of sp³-hybridized carbons (Fsp3) is 0.769. The third kappa shape index (κ3) is 2.29. The van der Waals surface area contributed by atoms with Crippen LogP contribution in [0, 0.1) is 5.92 Å². The van der Waals surface area contributed by atoms with E-state index in [4.69, 9.17) is 5.73 Å². The second-order valence-electron chi connectivity index (χ2n) is 5.27. The molecule has 0 saturated carbocycles. The molecule has 1 aromatic heterocycles. The molecule has 0 aliphatic carbocycles. The topological polar surface area (TPSA) is 43.8 Å². The monoisotopic (exact) mass is 221 g/mol. The first-order valence-electron chi connectivity index (χ1n) is 6.46. The second kappa shape index (κ2) is 5.00. The first kappa shape index (κ1) is 11.6. The largest absolute Gasteiger partial charge is 0.332 e. The van der Waals surface area contributed by atoms with Gasteiger partial charge in [0, 0.05) is 30.8 Å². The summed E-state index contributed by atoms with van der Waals surface area (Å²) in [7, 11) is 0. The quantitative estimate of drug-likeness (QED) is 0.848. The number of rotatable bonds is 4. The van der Waals surface area contributed by atoms with Crippen LogP contribution in [0.15, 0.2) is 6.20 Å². The highest BCUT2D eigenvalue weighted by Gasteiger charge is 2.22. The molecular weight excluding hydrogens is 198 g/mol. The van der Waals surface area contributed by atoms with Gasteiger partial charge in [-0.25, -0.2) is 4.98 Å². The van der Waals surface area contributed by atoms with Crippen molar-refractivity contribution in [3.8, 4) is 0 Å². The number of nitrogens with two attached hydrogens (primary N) is 1. The Bertz CT molecular complexity index is 341. The Morgan fingerprint density at radius 2 is 2.38 bits per heavy atom. The summed E-state index contributed by atoms with van der Waals surface area (Å²) in [5.41, 5.74) is 7.10. The maximum absolute atomic E-state index is 5.67. The molecule has 1 aliphatic heterocycles. The van der Waals surface area contributed by atoms with Crippen LogP contribution >= 0.6 is 0 Å². The van der Waals surface area contributed by atoms with Crippen LogP contribution in [0.25, 0.3) is 0 Å². The van der Waals surface area contributed by atoms with Crippen molar-refractivity contribution in [3.05, 3.63) is 17.7 Å². The zero-order valence-corrected chi connectivity index (χ0v) is 10.4. The normalized spacial score (nSPS) is 20.1. The van der Waals surface area contributed by atoms with E-state index in [-0.39, 0.29) is 0 Å². The van der Waals surface area contributed by atoms with Crippen molar-refractivity contribution in [1.29, 1.82) is 0 Å². The van der Waals surface area contributed by atoms with Gasteiger partial charge in [-0.05, 0) is 31.7 Å². The van der Waals surface area contributed by atoms with Gasteiger partial charge in [0.1, 0.15) is 5.82 Å². The fourth-order valence-electron chi connectivity index (χ4n) is 2.68. The summed E-state index contributed by atoms with van der Waals surface area (Å²) < 4.78 is 2.43. The molecular formula is C13H23N3. The molecule has 2 heterocycles. The van der Waals surface area contributed by atoms with Crippen molar-refractivity contribution in [1.82, 2.24) is 9.55 Å². The molecule has 0 saturated heterocycles. The Labute approximate surface area is 98.1 Å². The summed E-state index contributed by atoms with van der Waals surface area (Å²) in [6.07, 6.45) is 6.84. The molecule has 0 bridgehead atoms. The standard InChI is InChI=1S/C13H23N3/c1-10(2)8-13-15-9-12-11(5-6-14)4-3-7-16(12)13/h9-11H,3-8,14H2,1-2H3. The number of nitrogens with zero attached hydrogens (tertiary/aromatic N) is 2. The third-order valence-electron chi connectivity index (χ3n) is 3.43. The Hall–Kier alpha value is -0.830. The number of hydrogen-bond acceptors (Lipinski definition) is 2. The van der Waals surface area contributed by atoms with Crippen molar-refractivity contribution in [2.75, 3.05) is 6.54 Å². The van der Waals surface area contributed by atoms with E-state index >= 15 is 0 Å². The van der Waals surface area contributed by atoms with Gasteiger partial charge in [-0.15, -0.1) is 0 Å². The maximum atomic E-state index is 5.67. The third-order valence-corrected chi connectivity index (χ3v) is 3.43. The van der Waals surface area contributed by atoms with Crippen molar-refractivity contribution >= 4 is 0 Å². The van der Waals surface area contributed by atoms with Gasteiger partial charge < -0.3 is 10.3 Å². The zero-order chi connectivity index (χ0) is 11.5. The Morgan fingerprint density at radius 3 is 3.06 bits per heavy atom. The van der Waals surface area contributed by atoms with Crippen LogP contribution in [-0.2, 0) is 13.0 Å². The van der Waals surface area contributed by atoms with E-state index < -0.39 is 0 Å². The zero-order valence-electron chi connectivity index (χ0n) is 10.4. The van der Waals surface area contributed by atoms with Crippen LogP contribution in [0.3, 0.4) is 0 Å². The number of imidazole rings is 1. The maximum Gasteiger partial charge on any atom is 0.109 e. The highest BCUT2D eigenvalue weighted by Crippen LogP contribution is 2.30. The Balaban J connectivity index is 2.20. The van der Waals surface area contributed by atoms with Crippen molar-refractivity contribution < 1.29 is 0 Å². The van der Waals surface area contributed by atoms with Crippen LogP contribution in [0.1, 0.15) is 50.5 Å². The lowest BCUT2D eigenvalue weighted by molar-refractivity contribution is 0.424. The van der Waals surface area contributed by atoms with Gasteiger partial charge in [-0.1, -0.05) is 13.8 Å². The molecule has 0 radical (unpaired) electrons. The molecule has 1 aliphatic rings. The van der Waals surface area contributed by atoms with Crippen molar-refractivity contribution in [2.45, 2.75) is 52.0 Å². The lowest BCUT2D eigenvalue weighted by Crippen LogP contribution is -2.19. The molecule has 1 aromatic rings. The average Bonchev–Trinajstić information content (AvgIpc) is 2.63. The van der Waals surface area contributed by atoms with Crippen LogP contribution < -0.4 is 5.73 Å². The van der Waals surface area contributed by atoms with E-state index in [0.717, 1.165) is 25.9 Å². The summed E-state index contributed by atoms with van der Waals surface area (Å²) in [5.74, 6) is 2.60. The minimum atomic E-state index is 0.646. The van der Waals surface area contributed by atoms with Crippen LogP contribution in [0.4, 0.5) is 0 Å². The second-order valence-corrected chi connectivity index (χ2v) is 5.27. The van der Waals surface area contributed by atoms with Crippen LogP contribution in [-0.4, -0.2) is 16.1 Å². The van der Waals surface area contributed by atoms with Crippen LogP contribution in [0.2, 0.25) is 0 Å². The molecule has 16 heavy (non-hydrogen) atoms. The van der Waals surface area contributed by atoms with Gasteiger partial charge in [-0.2, -0.15) is 0 Å². The minimum Gasteiger partial charge on any atom is -0.332 e. The van der Waals surface area contributed by atoms with Gasteiger partial charge in [0.25, 0.3) is 0 Å². The molecule has 90 valence electrons. The molecule has 0 spiro atoms. The summed E-state index contributed by atoms with van der Waals surface area (Å²) in [4.78, 5) is 4.59. The average molecular weight is 221 g/mol. The SMILES string of the molecule is CC(C)Cc1ncc2n1CCCC2CCN. The Kier molecular flexibility index (Phi) is 3.64. The molecule has 3 nitrogen and oxygen atoms in total. The summed E-state index contributed by atoms with van der Waals surface area (Å²) in [5, 5.41) is 0. The van der Waals surface area contributed by atoms with E-state index in [0.29, 0.717) is 11.8 Å². The molecule has 2 N–H and O–H groups in total. The smallest absolute Gasteiger partial charge is 0.109 e. The van der Waals surface area contributed by atoms with Gasteiger partial charge in [0.2, 0.25) is 0 Å². The van der Waals surface area contributed by atoms with Crippen molar-refractivity contribution in [3.63, 3.8) is 0 Å². The number of fused-ring (bicyclic) bond motifs is 1. The summed E-state index contributed by atoms with van der Waals surface area (Å²) >= 11 is 0. The van der Waals surface area contributed by atoms with Gasteiger partial charge in [0.05, 0.1) is 0 Å².